The molecule has 0 nitrogen and oxygen atoms in total. The summed E-state index contributed by atoms with van der Waals surface area (Å²) in [6.07, 6.45) is 6.57. The lowest BCUT2D eigenvalue weighted by atomic mass is 8.85. The van der Waals surface area contributed by atoms with Gasteiger partial charge in [0, 0.05) is 0 Å². The first-order valence-electron chi connectivity index (χ1n) is 7.68. The maximum absolute atomic E-state index is 2.74. The molecule has 2 spiro atoms. The lowest BCUT2D eigenvalue weighted by Crippen LogP contribution is -3.11. The molecule has 0 amide bonds. The Kier molecular flexibility index (Phi) is 0.657. The largest absolute Gasteiger partial charge is 0.111 e. The van der Waals surface area contributed by atoms with Gasteiger partial charge < -0.3 is 0 Å². The summed E-state index contributed by atoms with van der Waals surface area (Å²) in [6.45, 7) is 2.74. The molecule has 10 unspecified atom stereocenters. The van der Waals surface area contributed by atoms with E-state index in [9.17, 15) is 0 Å². The van der Waals surface area contributed by atoms with Gasteiger partial charge in [-0.2, -0.15) is 0 Å². The Morgan fingerprint density at radius 1 is 0.812 bits per heavy atom. The molecule has 0 aromatic carbocycles. The van der Waals surface area contributed by atoms with Crippen LogP contribution in [-0.4, -0.2) is 7.85 Å². The van der Waals surface area contributed by atoms with Crippen molar-refractivity contribution >= 4 is 7.85 Å². The van der Waals surface area contributed by atoms with Crippen LogP contribution in [0.5, 0.6) is 0 Å². The predicted molar refractivity (Wildman–Crippen MR) is 63.6 cm³/mol. The first-order chi connectivity index (χ1) is 7.68. The zero-order chi connectivity index (χ0) is 10.3. The van der Waals surface area contributed by atoms with E-state index < -0.39 is 0 Å². The van der Waals surface area contributed by atoms with Crippen molar-refractivity contribution in [2.75, 3.05) is 0 Å². The van der Waals surface area contributed by atoms with Crippen molar-refractivity contribution in [1.82, 2.24) is 0 Å². The third-order valence-electron chi connectivity index (χ3n) is 10.6. The van der Waals surface area contributed by atoms with E-state index in [-0.39, 0.29) is 0 Å². The van der Waals surface area contributed by atoms with Crippen LogP contribution in [-0.2, 0) is 0 Å². The summed E-state index contributed by atoms with van der Waals surface area (Å²) in [5.41, 5.74) is 2.80. The van der Waals surface area contributed by atoms with E-state index in [2.05, 4.69) is 14.8 Å². The summed E-state index contributed by atoms with van der Waals surface area (Å²) < 4.78 is 0. The Labute approximate surface area is 98.0 Å². The summed E-state index contributed by atoms with van der Waals surface area (Å²) in [4.78, 5) is 0. The molecule has 10 atom stereocenters. The van der Waals surface area contributed by atoms with Gasteiger partial charge in [-0.1, -0.05) is 6.92 Å². The van der Waals surface area contributed by atoms with Gasteiger partial charge in [0.05, 0.1) is 0 Å². The van der Waals surface area contributed by atoms with Crippen molar-refractivity contribution in [2.45, 2.75) is 37.9 Å². The fraction of sp³-hybridized carbons (Fsp3) is 1.00. The number of fused-ring (bicyclic) bond motifs is 3. The smallest absolute Gasteiger partial charge is 0.0589 e. The van der Waals surface area contributed by atoms with Crippen LogP contribution in [0.1, 0.15) is 32.6 Å². The molecule has 0 bridgehead atoms. The van der Waals surface area contributed by atoms with Gasteiger partial charge in [-0.25, -0.2) is 0 Å². The van der Waals surface area contributed by atoms with Crippen molar-refractivity contribution in [3.63, 3.8) is 0 Å². The highest BCUT2D eigenvalue weighted by atomic mass is 15.1. The minimum Gasteiger partial charge on any atom is -0.0589 e. The second-order valence-electron chi connectivity index (χ2n) is 8.83. The van der Waals surface area contributed by atoms with Crippen LogP contribution in [0.3, 0.4) is 0 Å². The van der Waals surface area contributed by atoms with Crippen LogP contribution in [0.25, 0.3) is 0 Å². The Bertz CT molecular complexity index is 448. The molecule has 7 rings (SSSR count). The highest BCUT2D eigenvalue weighted by Crippen LogP contribution is 3.18. The summed E-state index contributed by atoms with van der Waals surface area (Å²) in [5.74, 6) is 7.30. The fourth-order valence-electron chi connectivity index (χ4n) is 11.1. The molecule has 7 saturated carbocycles. The second kappa shape index (κ2) is 1.40. The van der Waals surface area contributed by atoms with Gasteiger partial charge in [0.25, 0.3) is 0 Å². The van der Waals surface area contributed by atoms with Gasteiger partial charge >= 0.3 is 0 Å². The summed E-state index contributed by atoms with van der Waals surface area (Å²) in [6, 6.07) is 0. The lowest BCUT2D eigenvalue weighted by Gasteiger charge is -3.16. The quantitative estimate of drug-likeness (QED) is 0.537. The van der Waals surface area contributed by atoms with Gasteiger partial charge in [0.1, 0.15) is 7.85 Å². The van der Waals surface area contributed by atoms with Gasteiger partial charge in [0.15, 0.2) is 0 Å². The third kappa shape index (κ3) is 0.255. The zero-order valence-electron chi connectivity index (χ0n) is 10.3. The Morgan fingerprint density at radius 3 is 2.19 bits per heavy atom. The maximum atomic E-state index is 2.74. The second-order valence-corrected chi connectivity index (χ2v) is 8.83. The molecule has 0 saturated heterocycles. The van der Waals surface area contributed by atoms with E-state index >= 15 is 0 Å². The first kappa shape index (κ1) is 7.49. The Morgan fingerprint density at radius 2 is 1.38 bits per heavy atom. The van der Waals surface area contributed by atoms with E-state index in [1.807, 2.05) is 0 Å². The Balaban J connectivity index is 1.63. The van der Waals surface area contributed by atoms with E-state index in [1.165, 1.54) is 35.5 Å². The lowest BCUT2D eigenvalue weighted by molar-refractivity contribution is -0.654. The molecule has 0 N–H and O–H groups in total. The number of hydrogen-bond donors (Lipinski definition) is 0. The topological polar surface area (TPSA) is 0 Å². The average molecular weight is 210 g/mol. The number of hydrogen-bond acceptors (Lipinski definition) is 0. The van der Waals surface area contributed by atoms with E-state index in [4.69, 9.17) is 0 Å². The molecule has 1 heteroatoms. The van der Waals surface area contributed by atoms with Crippen molar-refractivity contribution < 1.29 is 0 Å². The molecule has 0 heterocycles. The van der Waals surface area contributed by atoms with Gasteiger partial charge in [0.2, 0.25) is 0 Å². The summed E-state index contributed by atoms with van der Waals surface area (Å²) in [5, 5.41) is 0.851. The molecule has 82 valence electrons. The standard InChI is InChI=1S/C15H19B/c1-12-6-2-3-7-9-5-11-10-4-8(6)13(10,12)14(9,11)15(7,12)16/h6-11H,2-5,16H2,1H3. The molecule has 16 heavy (non-hydrogen) atoms. The fourth-order valence-corrected chi connectivity index (χ4v) is 11.1. The highest BCUT2D eigenvalue weighted by molar-refractivity contribution is 6.20. The van der Waals surface area contributed by atoms with Crippen molar-refractivity contribution in [2.24, 2.45) is 51.8 Å². The minimum absolute atomic E-state index is 0.851. The SMILES string of the molecule is BC12C3CCC4C5CC6C7CC3C71C56C42C. The Hall–Kier alpha value is 0.0649. The molecule has 0 aromatic rings. The number of rotatable bonds is 0. The van der Waals surface area contributed by atoms with Crippen molar-refractivity contribution in [3.05, 3.63) is 0 Å². The normalized spacial score (nSPS) is 94.8. The highest BCUT2D eigenvalue weighted by Gasteiger charge is 3.12. The maximum Gasteiger partial charge on any atom is 0.111 e. The zero-order valence-corrected chi connectivity index (χ0v) is 10.3. The van der Waals surface area contributed by atoms with Crippen LogP contribution in [0.4, 0.5) is 0 Å². The first-order valence-corrected chi connectivity index (χ1v) is 7.68. The van der Waals surface area contributed by atoms with Crippen LogP contribution in [0.15, 0.2) is 0 Å². The molecule has 7 aliphatic carbocycles. The van der Waals surface area contributed by atoms with Crippen molar-refractivity contribution in [1.29, 1.82) is 0 Å². The van der Waals surface area contributed by atoms with Crippen LogP contribution >= 0.6 is 0 Å². The van der Waals surface area contributed by atoms with E-state index in [0.717, 1.165) is 21.6 Å². The van der Waals surface area contributed by atoms with Gasteiger partial charge in [-0.15, -0.1) is 0 Å². The molecule has 0 aliphatic heterocycles. The van der Waals surface area contributed by atoms with Gasteiger partial charge in [-0.3, -0.25) is 0 Å². The summed E-state index contributed by atoms with van der Waals surface area (Å²) in [7, 11) is 2.74. The van der Waals surface area contributed by atoms with Crippen LogP contribution in [0, 0.1) is 51.8 Å². The van der Waals surface area contributed by atoms with Crippen molar-refractivity contribution in [3.8, 4) is 0 Å². The van der Waals surface area contributed by atoms with E-state index in [1.54, 1.807) is 25.7 Å². The monoisotopic (exact) mass is 210 g/mol. The average Bonchev–Trinajstić information content (AvgIpc) is 2.25. The minimum atomic E-state index is 0.851. The van der Waals surface area contributed by atoms with E-state index in [0.29, 0.717) is 0 Å². The molecule has 7 aliphatic rings. The molecule has 7 fully saturated rings. The predicted octanol–water partition coefficient (Wildman–Crippen LogP) is 2.11. The molecular formula is C15H19B. The molecular weight excluding hydrogens is 191 g/mol. The molecule has 0 aromatic heterocycles. The van der Waals surface area contributed by atoms with Crippen LogP contribution in [0.2, 0.25) is 5.31 Å². The van der Waals surface area contributed by atoms with Gasteiger partial charge in [-0.05, 0) is 82.8 Å². The third-order valence-corrected chi connectivity index (χ3v) is 10.6. The molecule has 0 radical (unpaired) electrons. The van der Waals surface area contributed by atoms with Crippen LogP contribution < -0.4 is 0 Å². The summed E-state index contributed by atoms with van der Waals surface area (Å²) >= 11 is 0.